The van der Waals surface area contributed by atoms with Crippen LogP contribution in [-0.4, -0.2) is 6.54 Å². The molecule has 1 saturated carbocycles. The minimum atomic E-state index is 0.533. The van der Waals surface area contributed by atoms with E-state index in [-0.39, 0.29) is 0 Å². The van der Waals surface area contributed by atoms with E-state index in [0.29, 0.717) is 5.92 Å². The Hall–Kier alpha value is -0.340. The maximum absolute atomic E-state index is 5.77. The Kier molecular flexibility index (Phi) is 3.47. The van der Waals surface area contributed by atoms with Crippen molar-refractivity contribution in [2.75, 3.05) is 6.54 Å². The molecule has 1 atom stereocenters. The second-order valence-electron chi connectivity index (χ2n) is 4.87. The quantitative estimate of drug-likeness (QED) is 0.813. The summed E-state index contributed by atoms with van der Waals surface area (Å²) < 4.78 is 0. The molecule has 0 bridgehead atoms. The molecular formula is C13H21NS. The van der Waals surface area contributed by atoms with Gasteiger partial charge in [-0.1, -0.05) is 19.8 Å². The number of aryl methyl sites for hydroxylation is 2. The standard InChI is InChI=1S/C13H21NS/c1-9(7-14)13-10(2)8-15-12(13)6-5-11-3-4-11/h8-9,11H,3-7,14H2,1-2H3/t9-/m1/s1. The van der Waals surface area contributed by atoms with Gasteiger partial charge < -0.3 is 5.73 Å². The molecule has 0 aromatic carbocycles. The van der Waals surface area contributed by atoms with Crippen molar-refractivity contribution in [2.45, 2.75) is 45.4 Å². The Labute approximate surface area is 96.7 Å². The molecule has 0 spiro atoms. The summed E-state index contributed by atoms with van der Waals surface area (Å²) in [7, 11) is 0. The van der Waals surface area contributed by atoms with Crippen molar-refractivity contribution in [3.8, 4) is 0 Å². The van der Waals surface area contributed by atoms with E-state index in [0.717, 1.165) is 12.5 Å². The molecule has 0 unspecified atom stereocenters. The van der Waals surface area contributed by atoms with Crippen LogP contribution in [0.15, 0.2) is 5.38 Å². The summed E-state index contributed by atoms with van der Waals surface area (Å²) in [6, 6.07) is 0. The van der Waals surface area contributed by atoms with Gasteiger partial charge in [-0.05, 0) is 54.7 Å². The molecule has 0 aliphatic heterocycles. The van der Waals surface area contributed by atoms with Crippen LogP contribution in [0.4, 0.5) is 0 Å². The smallest absolute Gasteiger partial charge is 0.00832 e. The molecule has 1 fully saturated rings. The van der Waals surface area contributed by atoms with E-state index in [4.69, 9.17) is 5.73 Å². The normalized spacial score (nSPS) is 18.1. The molecule has 1 nitrogen and oxygen atoms in total. The molecule has 0 saturated heterocycles. The molecule has 1 aliphatic carbocycles. The Morgan fingerprint density at radius 2 is 2.27 bits per heavy atom. The topological polar surface area (TPSA) is 26.0 Å². The highest BCUT2D eigenvalue weighted by Gasteiger charge is 2.22. The number of hydrogen-bond acceptors (Lipinski definition) is 2. The van der Waals surface area contributed by atoms with Crippen molar-refractivity contribution >= 4 is 11.3 Å². The fourth-order valence-electron chi connectivity index (χ4n) is 2.22. The average Bonchev–Trinajstić information content (AvgIpc) is 2.99. The van der Waals surface area contributed by atoms with Crippen LogP contribution in [0, 0.1) is 12.8 Å². The molecule has 0 radical (unpaired) electrons. The summed E-state index contributed by atoms with van der Waals surface area (Å²) >= 11 is 1.93. The maximum Gasteiger partial charge on any atom is 0.00832 e. The van der Waals surface area contributed by atoms with Crippen LogP contribution in [0.1, 0.15) is 48.1 Å². The first kappa shape index (κ1) is 11.2. The monoisotopic (exact) mass is 223 g/mol. The summed E-state index contributed by atoms with van der Waals surface area (Å²) in [5, 5.41) is 2.30. The average molecular weight is 223 g/mol. The molecule has 15 heavy (non-hydrogen) atoms. The number of rotatable bonds is 5. The third kappa shape index (κ3) is 2.61. The fourth-order valence-corrected chi connectivity index (χ4v) is 3.39. The Balaban J connectivity index is 2.07. The Morgan fingerprint density at radius 3 is 2.87 bits per heavy atom. The van der Waals surface area contributed by atoms with Gasteiger partial charge in [-0.25, -0.2) is 0 Å². The van der Waals surface area contributed by atoms with Crippen LogP contribution in [0.25, 0.3) is 0 Å². The minimum absolute atomic E-state index is 0.533. The van der Waals surface area contributed by atoms with Gasteiger partial charge in [0.15, 0.2) is 0 Å². The zero-order valence-electron chi connectivity index (χ0n) is 9.75. The number of nitrogens with two attached hydrogens (primary N) is 1. The van der Waals surface area contributed by atoms with Crippen molar-refractivity contribution in [1.29, 1.82) is 0 Å². The van der Waals surface area contributed by atoms with E-state index >= 15 is 0 Å². The molecule has 2 N–H and O–H groups in total. The molecule has 1 aliphatic rings. The number of thiophene rings is 1. The SMILES string of the molecule is Cc1csc(CCC2CC2)c1[C@H](C)CN. The molecule has 84 valence electrons. The van der Waals surface area contributed by atoms with Crippen LogP contribution < -0.4 is 5.73 Å². The lowest BCUT2D eigenvalue weighted by atomic mass is 9.96. The lowest BCUT2D eigenvalue weighted by Gasteiger charge is -2.11. The highest BCUT2D eigenvalue weighted by atomic mass is 32.1. The highest BCUT2D eigenvalue weighted by molar-refractivity contribution is 7.10. The molecule has 2 rings (SSSR count). The van der Waals surface area contributed by atoms with Crippen molar-refractivity contribution < 1.29 is 0 Å². The van der Waals surface area contributed by atoms with Crippen LogP contribution in [0.3, 0.4) is 0 Å². The van der Waals surface area contributed by atoms with Gasteiger partial charge in [0.05, 0.1) is 0 Å². The van der Waals surface area contributed by atoms with E-state index in [1.165, 1.54) is 31.2 Å². The summed E-state index contributed by atoms with van der Waals surface area (Å²) in [5.41, 5.74) is 8.77. The fraction of sp³-hybridized carbons (Fsp3) is 0.692. The molecular weight excluding hydrogens is 202 g/mol. The van der Waals surface area contributed by atoms with Crippen molar-refractivity contribution in [3.05, 3.63) is 21.4 Å². The molecule has 2 heteroatoms. The summed E-state index contributed by atoms with van der Waals surface area (Å²) in [5.74, 6) is 1.57. The van der Waals surface area contributed by atoms with Crippen LogP contribution in [0.2, 0.25) is 0 Å². The van der Waals surface area contributed by atoms with Gasteiger partial charge in [-0.2, -0.15) is 0 Å². The molecule has 0 amide bonds. The van der Waals surface area contributed by atoms with Crippen molar-refractivity contribution in [1.82, 2.24) is 0 Å². The largest absolute Gasteiger partial charge is 0.330 e. The molecule has 1 aromatic rings. The first-order valence-corrected chi connectivity index (χ1v) is 6.87. The predicted octanol–water partition coefficient (Wildman–Crippen LogP) is 3.46. The van der Waals surface area contributed by atoms with Gasteiger partial charge in [0, 0.05) is 4.88 Å². The zero-order chi connectivity index (χ0) is 10.8. The number of hydrogen-bond donors (Lipinski definition) is 1. The van der Waals surface area contributed by atoms with Crippen LogP contribution >= 0.6 is 11.3 Å². The predicted molar refractivity (Wildman–Crippen MR) is 67.6 cm³/mol. The second kappa shape index (κ2) is 4.67. The molecule has 1 aromatic heterocycles. The Morgan fingerprint density at radius 1 is 1.53 bits per heavy atom. The van der Waals surface area contributed by atoms with Gasteiger partial charge in [0.1, 0.15) is 0 Å². The van der Waals surface area contributed by atoms with Gasteiger partial charge >= 0.3 is 0 Å². The van der Waals surface area contributed by atoms with E-state index < -0.39 is 0 Å². The van der Waals surface area contributed by atoms with E-state index in [1.807, 2.05) is 11.3 Å². The lowest BCUT2D eigenvalue weighted by molar-refractivity contribution is 0.710. The van der Waals surface area contributed by atoms with Gasteiger partial charge in [0.2, 0.25) is 0 Å². The lowest BCUT2D eigenvalue weighted by Crippen LogP contribution is -2.10. The first-order valence-electron chi connectivity index (χ1n) is 5.99. The minimum Gasteiger partial charge on any atom is -0.330 e. The van der Waals surface area contributed by atoms with E-state index in [9.17, 15) is 0 Å². The van der Waals surface area contributed by atoms with Crippen LogP contribution in [-0.2, 0) is 6.42 Å². The summed E-state index contributed by atoms with van der Waals surface area (Å²) in [4.78, 5) is 1.59. The van der Waals surface area contributed by atoms with Crippen molar-refractivity contribution in [2.24, 2.45) is 11.7 Å². The summed E-state index contributed by atoms with van der Waals surface area (Å²) in [6.45, 7) is 5.24. The van der Waals surface area contributed by atoms with Crippen molar-refractivity contribution in [3.63, 3.8) is 0 Å². The van der Waals surface area contributed by atoms with Gasteiger partial charge in [0.25, 0.3) is 0 Å². The van der Waals surface area contributed by atoms with Gasteiger partial charge in [-0.3, -0.25) is 0 Å². The molecule has 1 heterocycles. The maximum atomic E-state index is 5.77. The zero-order valence-corrected chi connectivity index (χ0v) is 10.6. The summed E-state index contributed by atoms with van der Waals surface area (Å²) in [6.07, 6.45) is 5.60. The highest BCUT2D eigenvalue weighted by Crippen LogP contribution is 2.36. The third-order valence-electron chi connectivity index (χ3n) is 3.43. The van der Waals surface area contributed by atoms with E-state index in [2.05, 4.69) is 19.2 Å². The second-order valence-corrected chi connectivity index (χ2v) is 5.84. The third-order valence-corrected chi connectivity index (χ3v) is 4.61. The Bertz CT molecular complexity index is 325. The van der Waals surface area contributed by atoms with E-state index in [1.54, 1.807) is 10.4 Å². The van der Waals surface area contributed by atoms with Gasteiger partial charge in [-0.15, -0.1) is 11.3 Å². The van der Waals surface area contributed by atoms with Crippen LogP contribution in [0.5, 0.6) is 0 Å². The first-order chi connectivity index (χ1) is 7.22.